The summed E-state index contributed by atoms with van der Waals surface area (Å²) in [5.74, 6) is -2.68. The first-order valence-corrected chi connectivity index (χ1v) is 25.6. The van der Waals surface area contributed by atoms with Crippen molar-refractivity contribution in [1.29, 1.82) is 0 Å². The number of hydrogen-bond donors (Lipinski definition) is 9. The van der Waals surface area contributed by atoms with E-state index in [1.165, 1.54) is 108 Å². The van der Waals surface area contributed by atoms with Gasteiger partial charge in [-0.2, -0.15) is 0 Å². The Kier molecular flexibility index (Phi) is 39.9. The van der Waals surface area contributed by atoms with Gasteiger partial charge in [-0.25, -0.2) is 0 Å². The topological polar surface area (TPSA) is 309 Å². The molecule has 0 heterocycles. The molecule has 0 bridgehead atoms. The molecular weight excluding hydrogens is 841 g/mol. The fourth-order valence-electron chi connectivity index (χ4n) is 7.58. The molecule has 0 aliphatic heterocycles. The lowest BCUT2D eigenvalue weighted by Gasteiger charge is -2.24. The van der Waals surface area contributed by atoms with Crippen molar-refractivity contribution in [3.8, 4) is 0 Å². The number of nitrogens with zero attached hydrogens (tertiary/aromatic N) is 3. The summed E-state index contributed by atoms with van der Waals surface area (Å²) in [4.78, 5) is 87.1. The SMILES string of the molecule is CCCCCCCCCCCCCC(=O)NCCN(CCNC(=O)CCCCCCCCCCCCC)C(=O)CCC(=O)N[C@@H](CCCN=C(N)N)C(=O)N[C@@H](CCCN=C(N)N)C(N)=O. The third-order valence-electron chi connectivity index (χ3n) is 11.5. The van der Waals surface area contributed by atoms with Crippen molar-refractivity contribution in [3.05, 3.63) is 0 Å². The number of amides is 6. The minimum atomic E-state index is -1.08. The second kappa shape index (κ2) is 43.0. The second-order valence-electron chi connectivity index (χ2n) is 17.6. The normalized spacial score (nSPS) is 11.8. The van der Waals surface area contributed by atoms with Crippen LogP contribution < -0.4 is 49.9 Å². The van der Waals surface area contributed by atoms with Gasteiger partial charge in [0.15, 0.2) is 11.9 Å². The van der Waals surface area contributed by atoms with Crippen LogP contribution in [0.3, 0.4) is 0 Å². The van der Waals surface area contributed by atoms with E-state index in [0.29, 0.717) is 25.7 Å². The van der Waals surface area contributed by atoms with Crippen molar-refractivity contribution in [2.24, 2.45) is 38.7 Å². The predicted octanol–water partition coefficient (Wildman–Crippen LogP) is 4.79. The van der Waals surface area contributed by atoms with Gasteiger partial charge in [0.25, 0.3) is 0 Å². The first-order chi connectivity index (χ1) is 31.8. The zero-order valence-corrected chi connectivity index (χ0v) is 41.3. The number of nitrogens with one attached hydrogen (secondary N) is 4. The first-order valence-electron chi connectivity index (χ1n) is 25.6. The molecule has 0 saturated heterocycles. The Bertz CT molecular complexity index is 1330. The Morgan fingerprint density at radius 3 is 1.20 bits per heavy atom. The zero-order valence-electron chi connectivity index (χ0n) is 41.3. The van der Waals surface area contributed by atoms with E-state index in [2.05, 4.69) is 45.1 Å². The van der Waals surface area contributed by atoms with Crippen LogP contribution in [0.4, 0.5) is 0 Å². The highest BCUT2D eigenvalue weighted by molar-refractivity contribution is 5.92. The lowest BCUT2D eigenvalue weighted by Crippen LogP contribution is -2.53. The number of rotatable bonds is 45. The molecule has 382 valence electrons. The van der Waals surface area contributed by atoms with Crippen LogP contribution in [0.5, 0.6) is 0 Å². The van der Waals surface area contributed by atoms with Gasteiger partial charge in [0, 0.05) is 65.0 Å². The Hall–Kier alpha value is -4.64. The van der Waals surface area contributed by atoms with Gasteiger partial charge < -0.3 is 54.8 Å². The van der Waals surface area contributed by atoms with E-state index < -0.39 is 29.8 Å². The number of guanidine groups is 2. The summed E-state index contributed by atoms with van der Waals surface area (Å²) in [5.41, 5.74) is 27.2. The van der Waals surface area contributed by atoms with Crippen molar-refractivity contribution in [3.63, 3.8) is 0 Å². The molecule has 6 amide bonds. The number of aliphatic imine (C=N–C) groups is 2. The molecule has 0 unspecified atom stereocenters. The summed E-state index contributed by atoms with van der Waals surface area (Å²) in [6.07, 6.45) is 27.7. The number of nitrogens with two attached hydrogens (primary N) is 5. The number of carbonyl (C=O) groups is 6. The summed E-state index contributed by atoms with van der Waals surface area (Å²) in [7, 11) is 0. The molecule has 2 atom stereocenters. The number of hydrogen-bond acceptors (Lipinski definition) is 8. The van der Waals surface area contributed by atoms with E-state index in [-0.39, 0.29) is 94.6 Å². The molecule has 0 saturated carbocycles. The average molecular weight is 935 g/mol. The molecule has 66 heavy (non-hydrogen) atoms. The lowest BCUT2D eigenvalue weighted by molar-refractivity contribution is -0.135. The van der Waals surface area contributed by atoms with Crippen LogP contribution in [0.1, 0.15) is 206 Å². The van der Waals surface area contributed by atoms with Gasteiger partial charge in [0.05, 0.1) is 0 Å². The van der Waals surface area contributed by atoms with E-state index in [4.69, 9.17) is 28.7 Å². The maximum absolute atomic E-state index is 13.6. The summed E-state index contributed by atoms with van der Waals surface area (Å²) >= 11 is 0. The Morgan fingerprint density at radius 2 is 0.818 bits per heavy atom. The van der Waals surface area contributed by atoms with Gasteiger partial charge in [0.2, 0.25) is 35.4 Å². The summed E-state index contributed by atoms with van der Waals surface area (Å²) < 4.78 is 0. The molecule has 14 N–H and O–H groups in total. The van der Waals surface area contributed by atoms with Crippen LogP contribution in [0.25, 0.3) is 0 Å². The maximum Gasteiger partial charge on any atom is 0.243 e. The van der Waals surface area contributed by atoms with E-state index in [0.717, 1.165) is 38.5 Å². The monoisotopic (exact) mass is 935 g/mol. The molecule has 0 fully saturated rings. The van der Waals surface area contributed by atoms with E-state index in [1.807, 2.05) is 0 Å². The largest absolute Gasteiger partial charge is 0.370 e. The molecule has 0 rings (SSSR count). The second-order valence-corrected chi connectivity index (χ2v) is 17.6. The van der Waals surface area contributed by atoms with Crippen molar-refractivity contribution in [2.75, 3.05) is 39.3 Å². The Labute approximate surface area is 397 Å². The highest BCUT2D eigenvalue weighted by Gasteiger charge is 2.26. The minimum Gasteiger partial charge on any atom is -0.370 e. The van der Waals surface area contributed by atoms with Crippen LogP contribution in [0.15, 0.2) is 9.98 Å². The minimum absolute atomic E-state index is 0.0746. The number of primary amides is 1. The van der Waals surface area contributed by atoms with Crippen molar-refractivity contribution in [2.45, 2.75) is 219 Å². The molecule has 0 radical (unpaired) electrons. The van der Waals surface area contributed by atoms with Crippen LogP contribution in [-0.2, 0) is 28.8 Å². The third kappa shape index (κ3) is 38.6. The van der Waals surface area contributed by atoms with Gasteiger partial charge in [-0.05, 0) is 38.5 Å². The van der Waals surface area contributed by atoms with Gasteiger partial charge >= 0.3 is 0 Å². The van der Waals surface area contributed by atoms with E-state index in [9.17, 15) is 28.8 Å². The summed E-state index contributed by atoms with van der Waals surface area (Å²) in [6, 6.07) is -2.12. The fraction of sp³-hybridized carbons (Fsp3) is 0.833. The lowest BCUT2D eigenvalue weighted by atomic mass is 10.1. The van der Waals surface area contributed by atoms with Gasteiger partial charge in [-0.1, -0.05) is 142 Å². The Balaban J connectivity index is 5.28. The van der Waals surface area contributed by atoms with Crippen LogP contribution in [0, 0.1) is 0 Å². The molecule has 0 spiro atoms. The summed E-state index contributed by atoms with van der Waals surface area (Å²) in [6.45, 7) is 5.74. The fourth-order valence-corrected chi connectivity index (χ4v) is 7.58. The van der Waals surface area contributed by atoms with Crippen molar-refractivity contribution < 1.29 is 28.8 Å². The first kappa shape index (κ1) is 61.4. The maximum atomic E-state index is 13.6. The van der Waals surface area contributed by atoms with Gasteiger partial charge in [0.1, 0.15) is 12.1 Å². The average Bonchev–Trinajstić information content (AvgIpc) is 3.27. The molecule has 18 heteroatoms. The zero-order chi connectivity index (χ0) is 49.0. The van der Waals surface area contributed by atoms with Crippen molar-refractivity contribution >= 4 is 47.4 Å². The Morgan fingerprint density at radius 1 is 0.439 bits per heavy atom. The van der Waals surface area contributed by atoms with Crippen LogP contribution >= 0.6 is 0 Å². The molecule has 0 aliphatic rings. The van der Waals surface area contributed by atoms with Crippen LogP contribution in [-0.4, -0.2) is 104 Å². The molecule has 0 aromatic rings. The predicted molar refractivity (Wildman–Crippen MR) is 267 cm³/mol. The molecule has 18 nitrogen and oxygen atoms in total. The third-order valence-corrected chi connectivity index (χ3v) is 11.5. The summed E-state index contributed by atoms with van der Waals surface area (Å²) in [5, 5.41) is 11.1. The van der Waals surface area contributed by atoms with Crippen LogP contribution in [0.2, 0.25) is 0 Å². The highest BCUT2D eigenvalue weighted by Crippen LogP contribution is 2.14. The van der Waals surface area contributed by atoms with E-state index in [1.54, 1.807) is 0 Å². The number of carbonyl (C=O) groups excluding carboxylic acids is 6. The van der Waals surface area contributed by atoms with Gasteiger partial charge in [-0.15, -0.1) is 0 Å². The quantitative estimate of drug-likeness (QED) is 0.0228. The number of unbranched alkanes of at least 4 members (excludes halogenated alkanes) is 20. The molecule has 0 aromatic heterocycles. The standard InChI is InChI=1S/C48H94N12O6/c1-3-5-7-9-11-13-15-17-19-21-23-29-41(61)54-35-37-60(38-36-55-42(62)30-24-22-20-18-16-14-12-10-8-6-4-2)44(64)32-31-43(63)58-40(28-26-34-57-48(52)53)46(66)59-39(45(49)65)27-25-33-56-47(50)51/h39-40H,3-38H2,1-2H3,(H2,49,65)(H,54,61)(H,55,62)(H,58,63)(H,59,66)(H4,50,51,56)(H4,52,53,57)/t39-,40-/m0/s1. The molecular formula is C48H94N12O6. The molecule has 0 aliphatic carbocycles. The smallest absolute Gasteiger partial charge is 0.243 e. The van der Waals surface area contributed by atoms with E-state index >= 15 is 0 Å². The van der Waals surface area contributed by atoms with Crippen molar-refractivity contribution in [1.82, 2.24) is 26.2 Å². The molecule has 0 aromatic carbocycles. The van der Waals surface area contributed by atoms with Gasteiger partial charge in [-0.3, -0.25) is 38.8 Å². The highest BCUT2D eigenvalue weighted by atomic mass is 16.2.